The second kappa shape index (κ2) is 12.4. The van der Waals surface area contributed by atoms with Crippen LogP contribution in [0.15, 0.2) is 187 Å². The maximum absolute atomic E-state index is 6.81. The molecule has 0 unspecified atom stereocenters. The molecule has 0 radical (unpaired) electrons. The smallest absolute Gasteiger partial charge is 0.159 e. The molecule has 0 saturated carbocycles. The van der Waals surface area contributed by atoms with E-state index in [4.69, 9.17) is 9.40 Å². The third-order valence-electron chi connectivity index (χ3n) is 8.81. The van der Waals surface area contributed by atoms with E-state index < -0.39 is 15.8 Å². The number of nitrogens with zero attached hydrogens (tertiary/aromatic N) is 2. The number of rotatable bonds is 7. The largest absolute Gasteiger partial charge is 0.454 e. The van der Waals surface area contributed by atoms with Gasteiger partial charge in [-0.15, -0.1) is 0 Å². The molecule has 3 nitrogen and oxygen atoms in total. The van der Waals surface area contributed by atoms with E-state index >= 15 is 0 Å². The van der Waals surface area contributed by atoms with Gasteiger partial charge in [-0.3, -0.25) is 4.57 Å². The number of imidazole rings is 1. The molecule has 9 rings (SSSR count). The second-order valence-corrected chi connectivity index (χ2v) is 16.2. The Morgan fingerprint density at radius 1 is 0.438 bits per heavy atom. The Morgan fingerprint density at radius 2 is 0.938 bits per heavy atom. The fourth-order valence-corrected chi connectivity index (χ4v) is 11.3. The minimum atomic E-state index is -0.855. The van der Waals surface area contributed by atoms with Gasteiger partial charge in [0, 0.05) is 10.8 Å². The van der Waals surface area contributed by atoms with Crippen molar-refractivity contribution in [3.63, 3.8) is 0 Å². The van der Waals surface area contributed by atoms with Gasteiger partial charge in [0.05, 0.1) is 16.7 Å². The van der Waals surface area contributed by atoms with Crippen LogP contribution in [0.1, 0.15) is 0 Å². The van der Waals surface area contributed by atoms with Crippen LogP contribution in [-0.2, 0) is 0 Å². The van der Waals surface area contributed by atoms with Crippen molar-refractivity contribution in [3.05, 3.63) is 182 Å². The molecule has 0 aliphatic rings. The average molecular weight is 653 g/mol. The molecular weight excluding hydrogens is 622 g/mol. The summed E-state index contributed by atoms with van der Waals surface area (Å²) in [6.45, 7) is 0. The quantitative estimate of drug-likeness (QED) is 0.162. The summed E-state index contributed by atoms with van der Waals surface area (Å²) in [6, 6.07) is 63.4. The molecule has 7 aromatic carbocycles. The summed E-state index contributed by atoms with van der Waals surface area (Å²) >= 11 is 0. The Bertz CT molecular complexity index is 2430. The highest BCUT2D eigenvalue weighted by Gasteiger charge is 2.24. The maximum Gasteiger partial charge on any atom is 0.159 e. The van der Waals surface area contributed by atoms with Gasteiger partial charge < -0.3 is 4.42 Å². The topological polar surface area (TPSA) is 31.0 Å². The predicted octanol–water partition coefficient (Wildman–Crippen LogP) is 8.44. The zero-order valence-electron chi connectivity index (χ0n) is 26.0. The van der Waals surface area contributed by atoms with Gasteiger partial charge in [0.15, 0.2) is 5.58 Å². The zero-order chi connectivity index (χ0) is 31.9. The van der Waals surface area contributed by atoms with Crippen LogP contribution in [0.5, 0.6) is 0 Å². The van der Waals surface area contributed by atoms with E-state index in [9.17, 15) is 0 Å². The molecule has 0 aliphatic heterocycles. The van der Waals surface area contributed by atoms with Crippen molar-refractivity contribution in [2.24, 2.45) is 0 Å². The third kappa shape index (κ3) is 5.13. The minimum absolute atomic E-state index is 0.768. The van der Waals surface area contributed by atoms with Crippen LogP contribution in [0, 0.1) is 0 Å². The molecule has 0 N–H and O–H groups in total. The molecule has 9 aromatic rings. The summed E-state index contributed by atoms with van der Waals surface area (Å²) in [5, 5.41) is 10.1. The van der Waals surface area contributed by atoms with Crippen LogP contribution < -0.4 is 31.8 Å². The van der Waals surface area contributed by atoms with E-state index in [2.05, 4.69) is 174 Å². The van der Waals surface area contributed by atoms with Crippen molar-refractivity contribution in [2.75, 3.05) is 0 Å². The maximum atomic E-state index is 6.81. The first-order valence-corrected chi connectivity index (χ1v) is 18.7. The molecule has 0 fully saturated rings. The number of hydrogen-bond acceptors (Lipinski definition) is 2. The van der Waals surface area contributed by atoms with E-state index in [0.29, 0.717) is 0 Å². The van der Waals surface area contributed by atoms with Crippen molar-refractivity contribution >= 4 is 80.6 Å². The molecular formula is C43H30N2OP2. The van der Waals surface area contributed by atoms with E-state index in [-0.39, 0.29) is 0 Å². The van der Waals surface area contributed by atoms with Gasteiger partial charge in [-0.25, -0.2) is 4.98 Å². The zero-order valence-corrected chi connectivity index (χ0v) is 27.8. The van der Waals surface area contributed by atoms with Crippen LogP contribution in [0.4, 0.5) is 0 Å². The van der Waals surface area contributed by atoms with E-state index in [0.717, 1.165) is 38.7 Å². The second-order valence-electron chi connectivity index (χ2n) is 11.7. The molecule has 5 heteroatoms. The van der Waals surface area contributed by atoms with Crippen molar-refractivity contribution in [1.82, 2.24) is 9.55 Å². The highest BCUT2D eigenvalue weighted by atomic mass is 31.1. The molecule has 0 bridgehead atoms. The number of fused-ring (bicyclic) bond motifs is 4. The number of benzene rings is 7. The van der Waals surface area contributed by atoms with Crippen LogP contribution >= 0.6 is 15.8 Å². The van der Waals surface area contributed by atoms with Crippen LogP contribution in [0.2, 0.25) is 0 Å². The SMILES string of the molecule is c1ccc(P(c2ccccc2)c2ccc3oc4c(-n5cnc6ccccc65)cc(P(c5ccccc5)c5ccccc5)cc4c3c2)cc1. The molecule has 2 aromatic heterocycles. The van der Waals surface area contributed by atoms with Gasteiger partial charge in [-0.05, 0) is 84.1 Å². The molecule has 0 amide bonds. The first-order chi connectivity index (χ1) is 23.8. The van der Waals surface area contributed by atoms with Gasteiger partial charge in [0.2, 0.25) is 0 Å². The summed E-state index contributed by atoms with van der Waals surface area (Å²) in [5.74, 6) is 0. The Balaban J connectivity index is 1.33. The summed E-state index contributed by atoms with van der Waals surface area (Å²) in [6.07, 6.45) is 1.93. The third-order valence-corrected chi connectivity index (χ3v) is 13.6. The minimum Gasteiger partial charge on any atom is -0.454 e. The fraction of sp³-hybridized carbons (Fsp3) is 0. The molecule has 228 valence electrons. The first-order valence-electron chi connectivity index (χ1n) is 16.0. The summed E-state index contributed by atoms with van der Waals surface area (Å²) in [5.41, 5.74) is 4.77. The molecule has 0 saturated heterocycles. The van der Waals surface area contributed by atoms with E-state index in [1.54, 1.807) is 0 Å². The van der Waals surface area contributed by atoms with Gasteiger partial charge >= 0.3 is 0 Å². The van der Waals surface area contributed by atoms with Crippen molar-refractivity contribution in [2.45, 2.75) is 0 Å². The molecule has 2 heterocycles. The van der Waals surface area contributed by atoms with Crippen LogP contribution in [0.3, 0.4) is 0 Å². The lowest BCUT2D eigenvalue weighted by molar-refractivity contribution is 0.666. The van der Waals surface area contributed by atoms with Crippen molar-refractivity contribution in [3.8, 4) is 5.69 Å². The van der Waals surface area contributed by atoms with Gasteiger partial charge in [0.25, 0.3) is 0 Å². The summed E-state index contributed by atoms with van der Waals surface area (Å²) in [4.78, 5) is 4.78. The number of hydrogen-bond donors (Lipinski definition) is 0. The van der Waals surface area contributed by atoms with Crippen LogP contribution in [0.25, 0.3) is 38.7 Å². The van der Waals surface area contributed by atoms with E-state index in [1.807, 2.05) is 12.4 Å². The monoisotopic (exact) mass is 652 g/mol. The lowest BCUT2D eigenvalue weighted by Crippen LogP contribution is -2.21. The highest BCUT2D eigenvalue weighted by Crippen LogP contribution is 2.41. The van der Waals surface area contributed by atoms with Crippen LogP contribution in [-0.4, -0.2) is 9.55 Å². The van der Waals surface area contributed by atoms with Gasteiger partial charge in [0.1, 0.15) is 11.9 Å². The summed E-state index contributed by atoms with van der Waals surface area (Å²) < 4.78 is 9.00. The van der Waals surface area contributed by atoms with Gasteiger partial charge in [-0.2, -0.15) is 0 Å². The lowest BCUT2D eigenvalue weighted by atomic mass is 10.1. The number of para-hydroxylation sites is 2. The van der Waals surface area contributed by atoms with E-state index in [1.165, 1.54) is 31.8 Å². The number of furan rings is 1. The average Bonchev–Trinajstić information content (AvgIpc) is 3.75. The molecule has 0 atom stereocenters. The number of aromatic nitrogens is 2. The standard InChI is InChI=1S/C43H30N2OP2/c1-5-15-31(16-6-1)47(32-17-7-2-8-18-32)35-25-26-42-37(27-35)38-28-36(48(33-19-9-3-10-20-33)34-21-11-4-12-22-34)29-41(43(38)46-42)45-30-44-39-23-13-14-24-40(39)45/h1-30H. The Kier molecular flexibility index (Phi) is 7.43. The molecule has 0 spiro atoms. The van der Waals surface area contributed by atoms with Gasteiger partial charge in [-0.1, -0.05) is 140 Å². The normalized spacial score (nSPS) is 11.7. The van der Waals surface area contributed by atoms with Crippen molar-refractivity contribution < 1.29 is 4.42 Å². The highest BCUT2D eigenvalue weighted by molar-refractivity contribution is 7.80. The predicted molar refractivity (Wildman–Crippen MR) is 206 cm³/mol. The fourth-order valence-electron chi connectivity index (χ4n) is 6.63. The Hall–Kier alpha value is -5.33. The lowest BCUT2D eigenvalue weighted by Gasteiger charge is -2.21. The summed E-state index contributed by atoms with van der Waals surface area (Å²) in [7, 11) is -1.62. The molecule has 0 aliphatic carbocycles. The Morgan fingerprint density at radius 3 is 1.52 bits per heavy atom. The first kappa shape index (κ1) is 28.9. The van der Waals surface area contributed by atoms with Crippen molar-refractivity contribution in [1.29, 1.82) is 0 Å². The molecule has 48 heavy (non-hydrogen) atoms. The Labute approximate surface area is 281 Å².